The average molecular weight is 419 g/mol. The molecule has 30 heavy (non-hydrogen) atoms. The topological polar surface area (TPSA) is 67.3 Å². The van der Waals surface area contributed by atoms with Gasteiger partial charge in [0.05, 0.1) is 16.8 Å². The number of nitrogens with one attached hydrogen (secondary N) is 1. The van der Waals surface area contributed by atoms with Gasteiger partial charge in [-0.1, -0.05) is 30.3 Å². The average Bonchev–Trinajstić information content (AvgIpc) is 2.74. The first-order valence-electron chi connectivity index (χ1n) is 9.67. The van der Waals surface area contributed by atoms with E-state index in [4.69, 9.17) is 4.84 Å². The molecule has 0 unspecified atom stereocenters. The molecule has 1 fully saturated rings. The third-order valence-electron chi connectivity index (χ3n) is 5.17. The number of rotatable bonds is 4. The fourth-order valence-corrected chi connectivity index (χ4v) is 3.69. The van der Waals surface area contributed by atoms with Gasteiger partial charge in [-0.25, -0.2) is 0 Å². The van der Waals surface area contributed by atoms with Crippen molar-refractivity contribution in [2.75, 3.05) is 18.0 Å². The number of halogens is 3. The van der Waals surface area contributed by atoms with Gasteiger partial charge in [-0.05, 0) is 37.0 Å². The van der Waals surface area contributed by atoms with Crippen LogP contribution in [-0.2, 0) is 12.8 Å². The van der Waals surface area contributed by atoms with Gasteiger partial charge in [-0.3, -0.25) is 9.59 Å². The molecule has 6 nitrogen and oxygen atoms in total. The van der Waals surface area contributed by atoms with Gasteiger partial charge in [0, 0.05) is 13.1 Å². The molecule has 0 saturated carbocycles. The van der Waals surface area contributed by atoms with Gasteiger partial charge in [0.1, 0.15) is 12.1 Å². The van der Waals surface area contributed by atoms with E-state index >= 15 is 0 Å². The molecule has 2 aromatic carbocycles. The Morgan fingerprint density at radius 3 is 2.37 bits per heavy atom. The number of aromatic nitrogens is 2. The summed E-state index contributed by atoms with van der Waals surface area (Å²) in [6.45, 7) is 0.931. The van der Waals surface area contributed by atoms with Gasteiger partial charge in [-0.15, -0.1) is 4.73 Å². The van der Waals surface area contributed by atoms with Crippen LogP contribution in [0.2, 0.25) is 0 Å². The predicted molar refractivity (Wildman–Crippen MR) is 107 cm³/mol. The smallest absolute Gasteiger partial charge is 0.405 e. The van der Waals surface area contributed by atoms with Gasteiger partial charge in [0.25, 0.3) is 0 Å². The number of fused-ring (bicyclic) bond motifs is 1. The van der Waals surface area contributed by atoms with Crippen LogP contribution < -0.4 is 20.9 Å². The highest BCUT2D eigenvalue weighted by Crippen LogP contribution is 2.39. The third-order valence-corrected chi connectivity index (χ3v) is 5.17. The van der Waals surface area contributed by atoms with Crippen LogP contribution in [-0.4, -0.2) is 22.8 Å². The van der Waals surface area contributed by atoms with Crippen LogP contribution in [0, 0.1) is 0 Å². The normalized spacial score (nSPS) is 14.8. The lowest BCUT2D eigenvalue weighted by atomic mass is 10.1. The van der Waals surface area contributed by atoms with E-state index in [1.165, 1.54) is 6.07 Å². The zero-order chi connectivity index (χ0) is 21.3. The summed E-state index contributed by atoms with van der Waals surface area (Å²) in [5, 5.41) is 0. The van der Waals surface area contributed by atoms with Crippen molar-refractivity contribution >= 4 is 16.7 Å². The fraction of sp³-hybridized carbons (Fsp3) is 0.333. The number of nitrogens with zero attached hydrogens (tertiary/aromatic N) is 2. The molecule has 4 rings (SSSR count). The Morgan fingerprint density at radius 2 is 1.70 bits per heavy atom. The van der Waals surface area contributed by atoms with Gasteiger partial charge in [0.15, 0.2) is 0 Å². The Balaban J connectivity index is 1.86. The summed E-state index contributed by atoms with van der Waals surface area (Å²) in [5.74, 6) is 0. The highest BCUT2D eigenvalue weighted by Gasteiger charge is 2.36. The van der Waals surface area contributed by atoms with Crippen LogP contribution >= 0.6 is 0 Å². The van der Waals surface area contributed by atoms with Crippen molar-refractivity contribution in [1.29, 1.82) is 0 Å². The van der Waals surface area contributed by atoms with Crippen molar-refractivity contribution < 1.29 is 18.0 Å². The maximum absolute atomic E-state index is 13.9. The molecule has 0 atom stereocenters. The zero-order valence-corrected chi connectivity index (χ0v) is 16.0. The van der Waals surface area contributed by atoms with Crippen LogP contribution in [0.1, 0.15) is 30.4 Å². The van der Waals surface area contributed by atoms with E-state index in [9.17, 15) is 22.8 Å². The number of hydrogen-bond donors (Lipinski definition) is 1. The van der Waals surface area contributed by atoms with Crippen LogP contribution in [0.5, 0.6) is 0 Å². The first-order valence-corrected chi connectivity index (χ1v) is 9.67. The molecule has 3 aromatic rings. The Kier molecular flexibility index (Phi) is 5.27. The quantitative estimate of drug-likeness (QED) is 0.659. The van der Waals surface area contributed by atoms with Crippen molar-refractivity contribution in [3.05, 3.63) is 74.3 Å². The van der Waals surface area contributed by atoms with Gasteiger partial charge in [-0.2, -0.15) is 13.2 Å². The van der Waals surface area contributed by atoms with Crippen molar-refractivity contribution in [3.63, 3.8) is 0 Å². The summed E-state index contributed by atoms with van der Waals surface area (Å²) in [6.07, 6.45) is -2.07. The number of aromatic amines is 1. The summed E-state index contributed by atoms with van der Waals surface area (Å²) in [7, 11) is 0. The van der Waals surface area contributed by atoms with E-state index in [1.807, 2.05) is 0 Å². The standard InChI is InChI=1S/C21H20F3N3O3/c22-21(23,24)15-11-18-16(12-17(15)26-9-5-2-6-10-26)25-19(28)20(29)27(18)30-13-14-7-3-1-4-8-14/h1,3-4,7-8,11-12H,2,5-6,9-10,13H2,(H,25,28). The number of anilines is 1. The third kappa shape index (κ3) is 3.92. The van der Waals surface area contributed by atoms with E-state index < -0.39 is 22.9 Å². The van der Waals surface area contributed by atoms with Crippen molar-refractivity contribution in [1.82, 2.24) is 9.71 Å². The lowest BCUT2D eigenvalue weighted by molar-refractivity contribution is -0.137. The van der Waals surface area contributed by atoms with Crippen molar-refractivity contribution in [3.8, 4) is 0 Å². The SMILES string of the molecule is O=c1[nH]c2cc(N3CCCCC3)c(C(F)(F)F)cc2n(OCc2ccccc2)c1=O. The summed E-state index contributed by atoms with van der Waals surface area (Å²) in [4.78, 5) is 34.0. The molecule has 1 N–H and O–H groups in total. The Bertz CT molecular complexity index is 1160. The number of H-pyrrole nitrogens is 1. The Labute approximate surface area is 169 Å². The van der Waals surface area contributed by atoms with Crippen LogP contribution in [0.15, 0.2) is 52.1 Å². The van der Waals surface area contributed by atoms with Crippen molar-refractivity contribution in [2.24, 2.45) is 0 Å². The van der Waals surface area contributed by atoms with Crippen molar-refractivity contribution in [2.45, 2.75) is 32.0 Å². The van der Waals surface area contributed by atoms with E-state index in [-0.39, 0.29) is 23.3 Å². The molecular formula is C21H20F3N3O3. The minimum Gasteiger partial charge on any atom is -0.405 e. The first-order chi connectivity index (χ1) is 14.3. The molecule has 0 aliphatic carbocycles. The Morgan fingerprint density at radius 1 is 1.00 bits per heavy atom. The maximum Gasteiger partial charge on any atom is 0.418 e. The Hall–Kier alpha value is -3.23. The number of benzene rings is 2. The lowest BCUT2D eigenvalue weighted by Crippen LogP contribution is -2.40. The lowest BCUT2D eigenvalue weighted by Gasteiger charge is -2.31. The molecule has 1 saturated heterocycles. The van der Waals surface area contributed by atoms with Gasteiger partial charge >= 0.3 is 17.3 Å². The maximum atomic E-state index is 13.9. The molecule has 1 aliphatic heterocycles. The van der Waals surface area contributed by atoms with Gasteiger partial charge in [0.2, 0.25) is 0 Å². The summed E-state index contributed by atoms with van der Waals surface area (Å²) in [6, 6.07) is 11.0. The monoisotopic (exact) mass is 419 g/mol. The van der Waals surface area contributed by atoms with Crippen LogP contribution in [0.25, 0.3) is 11.0 Å². The predicted octanol–water partition coefficient (Wildman–Crippen LogP) is 3.33. The zero-order valence-electron chi connectivity index (χ0n) is 16.0. The highest BCUT2D eigenvalue weighted by atomic mass is 19.4. The van der Waals surface area contributed by atoms with E-state index in [2.05, 4.69) is 4.98 Å². The van der Waals surface area contributed by atoms with Crippen LogP contribution in [0.4, 0.5) is 18.9 Å². The second-order valence-corrected chi connectivity index (χ2v) is 7.24. The van der Waals surface area contributed by atoms with E-state index in [1.54, 1.807) is 35.2 Å². The first kappa shape index (κ1) is 20.1. The molecule has 0 spiro atoms. The van der Waals surface area contributed by atoms with E-state index in [0.717, 1.165) is 25.3 Å². The second-order valence-electron chi connectivity index (χ2n) is 7.24. The molecule has 2 heterocycles. The van der Waals surface area contributed by atoms with Gasteiger partial charge < -0.3 is 14.7 Å². The molecular weight excluding hydrogens is 399 g/mol. The second kappa shape index (κ2) is 7.89. The molecule has 158 valence electrons. The number of piperidine rings is 1. The molecule has 9 heteroatoms. The molecule has 1 aliphatic rings. The fourth-order valence-electron chi connectivity index (χ4n) is 3.69. The summed E-state index contributed by atoms with van der Waals surface area (Å²) in [5.41, 5.74) is -2.21. The molecule has 0 radical (unpaired) electrons. The number of hydrogen-bond acceptors (Lipinski definition) is 4. The van der Waals surface area contributed by atoms with E-state index in [0.29, 0.717) is 23.4 Å². The summed E-state index contributed by atoms with van der Waals surface area (Å²) < 4.78 is 42.2. The minimum absolute atomic E-state index is 0.00129. The molecule has 0 bridgehead atoms. The number of alkyl halides is 3. The summed E-state index contributed by atoms with van der Waals surface area (Å²) >= 11 is 0. The minimum atomic E-state index is -4.63. The largest absolute Gasteiger partial charge is 0.418 e. The molecule has 0 amide bonds. The van der Waals surface area contributed by atoms with Crippen LogP contribution in [0.3, 0.4) is 0 Å². The highest BCUT2D eigenvalue weighted by molar-refractivity contribution is 5.81. The molecule has 1 aromatic heterocycles.